The first-order valence-corrected chi connectivity index (χ1v) is 6.17. The average Bonchev–Trinajstić information content (AvgIpc) is 2.82. The van der Waals surface area contributed by atoms with Crippen LogP contribution in [0.15, 0.2) is 18.2 Å². The second-order valence-corrected chi connectivity index (χ2v) is 4.63. The fourth-order valence-electron chi connectivity index (χ4n) is 2.54. The highest BCUT2D eigenvalue weighted by Crippen LogP contribution is 2.30. The average molecular weight is 264 g/mol. The Bertz CT molecular complexity index is 487. The number of anilines is 1. The molecule has 1 saturated heterocycles. The monoisotopic (exact) mass is 264 g/mol. The zero-order valence-corrected chi connectivity index (χ0v) is 11.1. The Kier molecular flexibility index (Phi) is 4.35. The molecule has 19 heavy (non-hydrogen) atoms. The van der Waals surface area contributed by atoms with Crippen molar-refractivity contribution < 1.29 is 13.9 Å². The molecule has 0 bridgehead atoms. The molecule has 1 heterocycles. The van der Waals surface area contributed by atoms with Gasteiger partial charge < -0.3 is 14.4 Å². The second kappa shape index (κ2) is 6.00. The Morgan fingerprint density at radius 3 is 2.89 bits per heavy atom. The summed E-state index contributed by atoms with van der Waals surface area (Å²) < 4.78 is 23.8. The molecule has 0 spiro atoms. The van der Waals surface area contributed by atoms with Crippen molar-refractivity contribution in [2.75, 3.05) is 32.3 Å². The van der Waals surface area contributed by atoms with E-state index in [1.807, 2.05) is 6.07 Å². The summed E-state index contributed by atoms with van der Waals surface area (Å²) in [7, 11) is 3.32. The predicted molar refractivity (Wildman–Crippen MR) is 69.5 cm³/mol. The molecule has 4 nitrogen and oxygen atoms in total. The Balaban J connectivity index is 2.31. The van der Waals surface area contributed by atoms with E-state index in [0.29, 0.717) is 18.7 Å². The summed E-state index contributed by atoms with van der Waals surface area (Å²) in [4.78, 5) is 2.07. The van der Waals surface area contributed by atoms with Crippen LogP contribution in [0.5, 0.6) is 0 Å². The molecule has 2 atom stereocenters. The highest BCUT2D eigenvalue weighted by atomic mass is 19.1. The Hall–Kier alpha value is -1.64. The lowest BCUT2D eigenvalue weighted by Crippen LogP contribution is -2.33. The van der Waals surface area contributed by atoms with Crippen molar-refractivity contribution in [3.05, 3.63) is 29.6 Å². The first-order valence-electron chi connectivity index (χ1n) is 6.17. The Labute approximate surface area is 112 Å². The van der Waals surface area contributed by atoms with E-state index in [0.717, 1.165) is 12.1 Å². The molecule has 1 aromatic carbocycles. The quantitative estimate of drug-likeness (QED) is 0.833. The molecule has 0 N–H and O–H groups in total. The van der Waals surface area contributed by atoms with Gasteiger partial charge in [-0.2, -0.15) is 5.26 Å². The topological polar surface area (TPSA) is 45.5 Å². The van der Waals surface area contributed by atoms with Crippen LogP contribution in [-0.4, -0.2) is 39.5 Å². The molecular formula is C14H17FN2O2. The maximum atomic E-state index is 13.2. The number of ether oxygens (including phenoxy) is 2. The maximum absolute atomic E-state index is 13.2. The molecule has 0 radical (unpaired) electrons. The van der Waals surface area contributed by atoms with Gasteiger partial charge in [-0.1, -0.05) is 0 Å². The molecule has 1 fully saturated rings. The smallest absolute Gasteiger partial charge is 0.124 e. The fraction of sp³-hybridized carbons (Fsp3) is 0.500. The molecule has 0 aromatic heterocycles. The lowest BCUT2D eigenvalue weighted by Gasteiger charge is -2.26. The third-order valence-electron chi connectivity index (χ3n) is 3.46. The first kappa shape index (κ1) is 13.8. The van der Waals surface area contributed by atoms with Gasteiger partial charge in [-0.15, -0.1) is 0 Å². The van der Waals surface area contributed by atoms with Gasteiger partial charge in [-0.25, -0.2) is 4.39 Å². The third kappa shape index (κ3) is 2.86. The molecule has 0 aliphatic carbocycles. The van der Waals surface area contributed by atoms with E-state index in [1.54, 1.807) is 20.3 Å². The van der Waals surface area contributed by atoms with E-state index in [-0.39, 0.29) is 12.1 Å². The lowest BCUT2D eigenvalue weighted by atomic mass is 10.1. The van der Waals surface area contributed by atoms with Gasteiger partial charge in [0.25, 0.3) is 0 Å². The zero-order valence-electron chi connectivity index (χ0n) is 11.1. The van der Waals surface area contributed by atoms with Crippen LogP contribution in [0.25, 0.3) is 0 Å². The number of rotatable bonds is 4. The summed E-state index contributed by atoms with van der Waals surface area (Å²) in [6.07, 6.45) is 0.948. The van der Waals surface area contributed by atoms with Crippen molar-refractivity contribution in [2.24, 2.45) is 0 Å². The lowest BCUT2D eigenvalue weighted by molar-refractivity contribution is 0.111. The molecule has 1 aliphatic heterocycles. The van der Waals surface area contributed by atoms with Crippen LogP contribution in [0.4, 0.5) is 10.1 Å². The van der Waals surface area contributed by atoms with Gasteiger partial charge in [0.1, 0.15) is 11.9 Å². The molecule has 2 rings (SSSR count). The number of hydrogen-bond acceptors (Lipinski definition) is 4. The molecule has 0 saturated carbocycles. The molecule has 5 heteroatoms. The zero-order chi connectivity index (χ0) is 13.8. The van der Waals surface area contributed by atoms with Crippen molar-refractivity contribution in [3.63, 3.8) is 0 Å². The number of benzene rings is 1. The number of nitrogens with zero attached hydrogens (tertiary/aromatic N) is 2. The van der Waals surface area contributed by atoms with Gasteiger partial charge in [0, 0.05) is 20.8 Å². The van der Waals surface area contributed by atoms with Crippen LogP contribution < -0.4 is 4.90 Å². The standard InChI is InChI=1S/C14H17FN2O2/c1-18-9-12-6-13(19-2)8-17(12)14-4-3-11(15)5-10(14)7-16/h3-5,12-13H,6,8-9H2,1-2H3/t12-,13-/m0/s1. The summed E-state index contributed by atoms with van der Waals surface area (Å²) >= 11 is 0. The van der Waals surface area contributed by atoms with Crippen molar-refractivity contribution >= 4 is 5.69 Å². The minimum Gasteiger partial charge on any atom is -0.383 e. The van der Waals surface area contributed by atoms with E-state index in [2.05, 4.69) is 4.90 Å². The van der Waals surface area contributed by atoms with Crippen LogP contribution in [0, 0.1) is 17.1 Å². The molecule has 1 aromatic rings. The number of nitriles is 1. The number of hydrogen-bond donors (Lipinski definition) is 0. The van der Waals surface area contributed by atoms with Crippen LogP contribution in [0.1, 0.15) is 12.0 Å². The molecule has 102 valence electrons. The van der Waals surface area contributed by atoms with E-state index >= 15 is 0 Å². The van der Waals surface area contributed by atoms with Gasteiger partial charge in [0.2, 0.25) is 0 Å². The predicted octanol–water partition coefficient (Wildman–Crippen LogP) is 1.94. The highest BCUT2D eigenvalue weighted by Gasteiger charge is 2.33. The summed E-state index contributed by atoms with van der Waals surface area (Å²) in [5, 5.41) is 9.14. The largest absolute Gasteiger partial charge is 0.383 e. The van der Waals surface area contributed by atoms with Gasteiger partial charge in [-0.3, -0.25) is 0 Å². The number of methoxy groups -OCH3 is 2. The van der Waals surface area contributed by atoms with E-state index < -0.39 is 5.82 Å². The second-order valence-electron chi connectivity index (χ2n) is 4.63. The summed E-state index contributed by atoms with van der Waals surface area (Å²) in [6.45, 7) is 1.24. The SMILES string of the molecule is COC[C@@H]1C[C@H](OC)CN1c1ccc(F)cc1C#N. The van der Waals surface area contributed by atoms with Crippen molar-refractivity contribution in [2.45, 2.75) is 18.6 Å². The highest BCUT2D eigenvalue weighted by molar-refractivity contribution is 5.60. The van der Waals surface area contributed by atoms with E-state index in [9.17, 15) is 4.39 Å². The van der Waals surface area contributed by atoms with Gasteiger partial charge in [0.05, 0.1) is 30.0 Å². The minimum absolute atomic E-state index is 0.108. The molecule has 1 aliphatic rings. The van der Waals surface area contributed by atoms with E-state index in [4.69, 9.17) is 14.7 Å². The normalized spacial score (nSPS) is 22.5. The van der Waals surface area contributed by atoms with Gasteiger partial charge >= 0.3 is 0 Å². The number of halogens is 1. The summed E-state index contributed by atoms with van der Waals surface area (Å²) in [6, 6.07) is 6.48. The Morgan fingerprint density at radius 2 is 2.26 bits per heavy atom. The van der Waals surface area contributed by atoms with Crippen molar-refractivity contribution in [1.29, 1.82) is 5.26 Å². The molecule has 0 amide bonds. The van der Waals surface area contributed by atoms with Crippen molar-refractivity contribution in [3.8, 4) is 6.07 Å². The first-order chi connectivity index (χ1) is 9.19. The van der Waals surface area contributed by atoms with Crippen molar-refractivity contribution in [1.82, 2.24) is 0 Å². The van der Waals surface area contributed by atoms with Gasteiger partial charge in [0.15, 0.2) is 0 Å². The molecular weight excluding hydrogens is 247 g/mol. The molecule has 0 unspecified atom stereocenters. The van der Waals surface area contributed by atoms with Crippen LogP contribution in [0.3, 0.4) is 0 Å². The summed E-state index contributed by atoms with van der Waals surface area (Å²) in [5.74, 6) is -0.397. The van der Waals surface area contributed by atoms with Crippen LogP contribution >= 0.6 is 0 Å². The van der Waals surface area contributed by atoms with E-state index in [1.165, 1.54) is 12.1 Å². The van der Waals surface area contributed by atoms with Crippen LogP contribution in [-0.2, 0) is 9.47 Å². The minimum atomic E-state index is -0.397. The van der Waals surface area contributed by atoms with Crippen LogP contribution in [0.2, 0.25) is 0 Å². The third-order valence-corrected chi connectivity index (χ3v) is 3.46. The van der Waals surface area contributed by atoms with Gasteiger partial charge in [-0.05, 0) is 24.6 Å². The summed E-state index contributed by atoms with van der Waals surface area (Å²) in [5.41, 5.74) is 1.09. The maximum Gasteiger partial charge on any atom is 0.124 e. The Morgan fingerprint density at radius 1 is 1.47 bits per heavy atom. The fourth-order valence-corrected chi connectivity index (χ4v) is 2.54.